The molecule has 0 bridgehead atoms. The predicted octanol–water partition coefficient (Wildman–Crippen LogP) is 9.16. The molecule has 3 aromatic rings. The molecule has 32 heavy (non-hydrogen) atoms. The van der Waals surface area contributed by atoms with Crippen molar-refractivity contribution < 1.29 is 0 Å². The first-order chi connectivity index (χ1) is 15.6. The summed E-state index contributed by atoms with van der Waals surface area (Å²) in [5.41, 5.74) is 7.54. The van der Waals surface area contributed by atoms with Crippen LogP contribution in [0.25, 0.3) is 5.57 Å². The smallest absolute Gasteiger partial charge is 0.0710 e. The third kappa shape index (κ3) is 4.92. The van der Waals surface area contributed by atoms with Crippen LogP contribution in [0, 0.1) is 0 Å². The van der Waals surface area contributed by atoms with Crippen LogP contribution < -0.4 is 0 Å². The Labute approximate surface area is 195 Å². The van der Waals surface area contributed by atoms with Gasteiger partial charge in [0, 0.05) is 0 Å². The van der Waals surface area contributed by atoms with Crippen LogP contribution in [0.4, 0.5) is 0 Å². The number of allylic oxidation sites excluding steroid dienone is 6. The highest BCUT2D eigenvalue weighted by atomic mass is 14.5. The van der Waals surface area contributed by atoms with E-state index in [-0.39, 0.29) is 5.41 Å². The van der Waals surface area contributed by atoms with Gasteiger partial charge < -0.3 is 0 Å². The van der Waals surface area contributed by atoms with Gasteiger partial charge >= 0.3 is 0 Å². The monoisotopic (exact) mass is 420 g/mol. The molecule has 0 amide bonds. The van der Waals surface area contributed by atoms with Crippen LogP contribution in [-0.4, -0.2) is 0 Å². The van der Waals surface area contributed by atoms with Gasteiger partial charge in [-0.25, -0.2) is 0 Å². The second-order valence-corrected chi connectivity index (χ2v) is 7.74. The molecule has 0 aromatic heterocycles. The summed E-state index contributed by atoms with van der Waals surface area (Å²) in [7, 11) is 0. The molecule has 0 saturated heterocycles. The van der Waals surface area contributed by atoms with E-state index in [1.54, 1.807) is 6.08 Å². The number of fused-ring (bicyclic) bond motifs is 1. The van der Waals surface area contributed by atoms with Gasteiger partial charge in [-0.15, -0.1) is 0 Å². The van der Waals surface area contributed by atoms with Crippen molar-refractivity contribution in [3.63, 3.8) is 0 Å². The highest BCUT2D eigenvalue weighted by Crippen LogP contribution is 2.54. The number of hydrogen-bond acceptors (Lipinski definition) is 0. The fraction of sp³-hybridized carbons (Fsp3) is 0.188. The van der Waals surface area contributed by atoms with Crippen molar-refractivity contribution >= 4 is 5.57 Å². The molecule has 0 nitrogen and oxygen atoms in total. The second kappa shape index (κ2) is 12.5. The van der Waals surface area contributed by atoms with Gasteiger partial charge in [0.05, 0.1) is 5.41 Å². The van der Waals surface area contributed by atoms with Crippen molar-refractivity contribution in [3.8, 4) is 0 Å². The molecular formula is C32H36. The lowest BCUT2D eigenvalue weighted by molar-refractivity contribution is 0.761. The topological polar surface area (TPSA) is 0 Å². The molecule has 0 heterocycles. The predicted molar refractivity (Wildman–Crippen MR) is 143 cm³/mol. The normalized spacial score (nSPS) is 13.4. The molecular weight excluding hydrogens is 384 g/mol. The lowest BCUT2D eigenvalue weighted by Gasteiger charge is -2.34. The van der Waals surface area contributed by atoms with Gasteiger partial charge in [0.2, 0.25) is 0 Å². The fourth-order valence-electron chi connectivity index (χ4n) is 4.32. The van der Waals surface area contributed by atoms with Gasteiger partial charge in [-0.3, -0.25) is 0 Å². The van der Waals surface area contributed by atoms with E-state index in [9.17, 15) is 0 Å². The summed E-state index contributed by atoms with van der Waals surface area (Å²) in [5, 5.41) is 0. The maximum absolute atomic E-state index is 4.16. The molecule has 1 aliphatic rings. The third-order valence-electron chi connectivity index (χ3n) is 5.49. The number of benzene rings is 3. The summed E-state index contributed by atoms with van der Waals surface area (Å²) in [4.78, 5) is 0. The summed E-state index contributed by atoms with van der Waals surface area (Å²) < 4.78 is 0. The van der Waals surface area contributed by atoms with Crippen molar-refractivity contribution in [1.29, 1.82) is 0 Å². The van der Waals surface area contributed by atoms with Gasteiger partial charge in [-0.1, -0.05) is 143 Å². The molecule has 1 aliphatic carbocycles. The van der Waals surface area contributed by atoms with Crippen LogP contribution in [0.2, 0.25) is 0 Å². The first-order valence-corrected chi connectivity index (χ1v) is 11.4. The molecule has 0 spiro atoms. The summed E-state index contributed by atoms with van der Waals surface area (Å²) >= 11 is 0. The summed E-state index contributed by atoms with van der Waals surface area (Å²) in [6, 6.07) is 30.3. The van der Waals surface area contributed by atoms with Gasteiger partial charge in [0.1, 0.15) is 0 Å². The van der Waals surface area contributed by atoms with E-state index < -0.39 is 0 Å². The Bertz CT molecular complexity index is 1010. The average Bonchev–Trinajstić information content (AvgIpc) is 3.10. The minimum absolute atomic E-state index is 0.287. The lowest BCUT2D eigenvalue weighted by atomic mass is 9.67. The minimum atomic E-state index is -0.287. The SMILES string of the molecule is C=C/C=C\C.C=CC1=C(C)c2ccccc2C1(c1ccccc1)c1ccccc1.CCC. The van der Waals surface area contributed by atoms with Gasteiger partial charge in [-0.05, 0) is 47.2 Å². The summed E-state index contributed by atoms with van der Waals surface area (Å²) in [6.45, 7) is 16.0. The molecule has 3 aromatic carbocycles. The highest BCUT2D eigenvalue weighted by Gasteiger charge is 2.45. The minimum Gasteiger partial charge on any atom is -0.0991 e. The molecule has 0 atom stereocenters. The van der Waals surface area contributed by atoms with Crippen LogP contribution in [0.1, 0.15) is 56.4 Å². The van der Waals surface area contributed by atoms with E-state index in [0.29, 0.717) is 0 Å². The average molecular weight is 421 g/mol. The molecule has 0 N–H and O–H groups in total. The van der Waals surface area contributed by atoms with E-state index in [2.05, 4.69) is 119 Å². The molecule has 164 valence electrons. The Balaban J connectivity index is 0.000000395. The van der Waals surface area contributed by atoms with Crippen LogP contribution in [0.5, 0.6) is 0 Å². The summed E-state index contributed by atoms with van der Waals surface area (Å²) in [5.74, 6) is 0. The number of hydrogen-bond donors (Lipinski definition) is 0. The van der Waals surface area contributed by atoms with Crippen molar-refractivity contribution in [2.75, 3.05) is 0 Å². The fourth-order valence-corrected chi connectivity index (χ4v) is 4.32. The van der Waals surface area contributed by atoms with Gasteiger partial charge in [0.25, 0.3) is 0 Å². The third-order valence-corrected chi connectivity index (χ3v) is 5.49. The van der Waals surface area contributed by atoms with Crippen LogP contribution in [-0.2, 0) is 5.41 Å². The van der Waals surface area contributed by atoms with E-state index >= 15 is 0 Å². The zero-order valence-corrected chi connectivity index (χ0v) is 20.0. The van der Waals surface area contributed by atoms with Crippen molar-refractivity contribution in [1.82, 2.24) is 0 Å². The molecule has 0 fully saturated rings. The number of rotatable bonds is 4. The van der Waals surface area contributed by atoms with Crippen molar-refractivity contribution in [3.05, 3.63) is 150 Å². The van der Waals surface area contributed by atoms with Crippen molar-refractivity contribution in [2.45, 2.75) is 39.5 Å². The Morgan fingerprint density at radius 3 is 1.62 bits per heavy atom. The Hall–Kier alpha value is -3.38. The standard InChI is InChI=1S/C24H20.C5H8.C3H8/c1-3-22-18(2)21-16-10-11-17-23(21)24(22,19-12-6-4-7-13-19)20-14-8-5-9-15-20;1-3-5-4-2;1-3-2/h3-17H,1H2,2H3;3-5H,1H2,2H3;3H2,1-2H3/b;5-4-;. The van der Waals surface area contributed by atoms with Crippen molar-refractivity contribution in [2.24, 2.45) is 0 Å². The lowest BCUT2D eigenvalue weighted by Crippen LogP contribution is -2.29. The first kappa shape index (κ1) is 24.9. The maximum Gasteiger partial charge on any atom is 0.0710 e. The van der Waals surface area contributed by atoms with Gasteiger partial charge in [-0.2, -0.15) is 0 Å². The Morgan fingerprint density at radius 2 is 1.22 bits per heavy atom. The zero-order chi connectivity index (χ0) is 23.4. The highest BCUT2D eigenvalue weighted by molar-refractivity contribution is 5.86. The maximum atomic E-state index is 4.16. The zero-order valence-electron chi connectivity index (χ0n) is 20.0. The molecule has 0 heteroatoms. The molecule has 0 aliphatic heterocycles. The largest absolute Gasteiger partial charge is 0.0991 e. The van der Waals surface area contributed by atoms with E-state index in [0.717, 1.165) is 0 Å². The van der Waals surface area contributed by atoms with E-state index in [1.165, 1.54) is 39.8 Å². The Kier molecular flexibility index (Phi) is 9.70. The van der Waals surface area contributed by atoms with Gasteiger partial charge in [0.15, 0.2) is 0 Å². The van der Waals surface area contributed by atoms with Crippen LogP contribution in [0.15, 0.2) is 128 Å². The molecule has 4 rings (SSSR count). The Morgan fingerprint density at radius 1 is 0.750 bits per heavy atom. The molecule has 0 saturated carbocycles. The van der Waals surface area contributed by atoms with Crippen LogP contribution >= 0.6 is 0 Å². The molecule has 0 radical (unpaired) electrons. The molecule has 0 unspecified atom stereocenters. The van der Waals surface area contributed by atoms with E-state index in [4.69, 9.17) is 0 Å². The second-order valence-electron chi connectivity index (χ2n) is 7.74. The quantitative estimate of drug-likeness (QED) is 0.369. The summed E-state index contributed by atoms with van der Waals surface area (Å²) in [6.07, 6.45) is 8.86. The first-order valence-electron chi connectivity index (χ1n) is 11.4. The van der Waals surface area contributed by atoms with E-state index in [1.807, 2.05) is 25.2 Å². The van der Waals surface area contributed by atoms with Crippen LogP contribution in [0.3, 0.4) is 0 Å².